The van der Waals surface area contributed by atoms with Gasteiger partial charge in [-0.25, -0.2) is 4.79 Å². The Hall–Kier alpha value is -2.46. The number of halogens is 6. The topological polar surface area (TPSA) is 72.8 Å². The molecule has 0 atom stereocenters. The van der Waals surface area contributed by atoms with Crippen LogP contribution in [0.2, 0.25) is 0 Å². The smallest absolute Gasteiger partial charge is 0.378 e. The molecule has 11 heteroatoms. The van der Waals surface area contributed by atoms with Crippen molar-refractivity contribution in [2.45, 2.75) is 31.1 Å². The molecule has 0 aromatic heterocycles. The first-order chi connectivity index (χ1) is 11.9. The van der Waals surface area contributed by atoms with Crippen LogP contribution in [0.4, 0.5) is 26.3 Å². The second-order valence-corrected chi connectivity index (χ2v) is 5.09. The van der Waals surface area contributed by atoms with Gasteiger partial charge in [-0.15, -0.1) is 0 Å². The fourth-order valence-electron chi connectivity index (χ4n) is 1.66. The van der Waals surface area contributed by atoms with E-state index in [0.717, 1.165) is 12.1 Å². The number of aromatic carboxylic acids is 1. The van der Waals surface area contributed by atoms with E-state index in [0.29, 0.717) is 0 Å². The van der Waals surface area contributed by atoms with Crippen molar-refractivity contribution >= 4 is 11.9 Å². The van der Waals surface area contributed by atoms with E-state index in [1.54, 1.807) is 0 Å². The monoisotopic (exact) mass is 388 g/mol. The number of rotatable bonds is 9. The highest BCUT2D eigenvalue weighted by Crippen LogP contribution is 2.46. The number of hydrogen-bond acceptors (Lipinski definition) is 4. The van der Waals surface area contributed by atoms with Crippen molar-refractivity contribution in [3.8, 4) is 5.75 Å². The van der Waals surface area contributed by atoms with Crippen LogP contribution >= 0.6 is 0 Å². The number of esters is 1. The Morgan fingerprint density at radius 1 is 1.00 bits per heavy atom. The number of carboxylic acids is 1. The van der Waals surface area contributed by atoms with Gasteiger partial charge in [-0.2, -0.15) is 26.3 Å². The Labute approximate surface area is 143 Å². The lowest BCUT2D eigenvalue weighted by molar-refractivity contribution is -0.322. The molecule has 26 heavy (non-hydrogen) atoms. The standard InChI is InChI=1S/C15H14F6O5/c1-2-11(22)26-8-14(18,19)15(20,21)13(16,17)7-25-10-6-4-3-5-9(10)12(23)24/h3-6H,2,7-8H2,1H3,(H,23,24). The third kappa shape index (κ3) is 4.58. The van der Waals surface area contributed by atoms with Crippen LogP contribution < -0.4 is 4.74 Å². The molecule has 0 bridgehead atoms. The minimum absolute atomic E-state index is 0.410. The average molecular weight is 388 g/mol. The fourth-order valence-corrected chi connectivity index (χ4v) is 1.66. The SMILES string of the molecule is CCC(=O)OCC(F)(F)C(F)(F)C(F)(F)COc1ccccc1C(=O)O. The number of carbonyl (C=O) groups excluding carboxylic acids is 1. The highest BCUT2D eigenvalue weighted by molar-refractivity contribution is 5.90. The Morgan fingerprint density at radius 3 is 2.08 bits per heavy atom. The molecule has 0 amide bonds. The van der Waals surface area contributed by atoms with Crippen LogP contribution in [0, 0.1) is 0 Å². The van der Waals surface area contributed by atoms with Crippen molar-refractivity contribution in [2.75, 3.05) is 13.2 Å². The molecular weight excluding hydrogens is 374 g/mol. The molecule has 0 heterocycles. The molecule has 5 nitrogen and oxygen atoms in total. The van der Waals surface area contributed by atoms with E-state index in [4.69, 9.17) is 5.11 Å². The first-order valence-corrected chi connectivity index (χ1v) is 7.10. The van der Waals surface area contributed by atoms with Gasteiger partial charge in [0.05, 0.1) is 0 Å². The molecule has 0 spiro atoms. The van der Waals surface area contributed by atoms with Gasteiger partial charge in [0, 0.05) is 6.42 Å². The molecule has 0 aliphatic carbocycles. The van der Waals surface area contributed by atoms with E-state index < -0.39 is 60.7 Å². The van der Waals surface area contributed by atoms with Crippen molar-refractivity contribution in [3.63, 3.8) is 0 Å². The molecule has 0 aliphatic heterocycles. The van der Waals surface area contributed by atoms with Crippen LogP contribution in [0.5, 0.6) is 5.75 Å². The number of carboxylic acid groups (broad SMARTS) is 1. The summed E-state index contributed by atoms with van der Waals surface area (Å²) in [6, 6.07) is 4.25. The largest absolute Gasteiger partial charge is 0.486 e. The maximum absolute atomic E-state index is 13.7. The second kappa shape index (κ2) is 7.83. The first kappa shape index (κ1) is 21.6. The van der Waals surface area contributed by atoms with Crippen LogP contribution in [0.15, 0.2) is 24.3 Å². The van der Waals surface area contributed by atoms with E-state index in [1.165, 1.54) is 19.1 Å². The van der Waals surface area contributed by atoms with Crippen molar-refractivity contribution in [3.05, 3.63) is 29.8 Å². The second-order valence-electron chi connectivity index (χ2n) is 5.09. The number of ether oxygens (including phenoxy) is 2. The highest BCUT2D eigenvalue weighted by Gasteiger charge is 2.72. The normalized spacial score (nSPS) is 12.6. The molecule has 146 valence electrons. The zero-order valence-corrected chi connectivity index (χ0v) is 13.3. The maximum Gasteiger partial charge on any atom is 0.378 e. The van der Waals surface area contributed by atoms with Gasteiger partial charge in [-0.05, 0) is 12.1 Å². The Morgan fingerprint density at radius 2 is 1.54 bits per heavy atom. The van der Waals surface area contributed by atoms with Gasteiger partial charge in [0.1, 0.15) is 11.3 Å². The lowest BCUT2D eigenvalue weighted by Crippen LogP contribution is -2.58. The van der Waals surface area contributed by atoms with E-state index in [1.807, 2.05) is 0 Å². The predicted octanol–water partition coefficient (Wildman–Crippen LogP) is 3.62. The van der Waals surface area contributed by atoms with E-state index in [-0.39, 0.29) is 0 Å². The maximum atomic E-state index is 13.7. The van der Waals surface area contributed by atoms with Crippen LogP contribution in [-0.4, -0.2) is 48.0 Å². The summed E-state index contributed by atoms with van der Waals surface area (Å²) in [5.74, 6) is -20.2. The van der Waals surface area contributed by atoms with Gasteiger partial charge in [0.15, 0.2) is 13.2 Å². The Kier molecular flexibility index (Phi) is 6.50. The van der Waals surface area contributed by atoms with E-state index in [2.05, 4.69) is 9.47 Å². The van der Waals surface area contributed by atoms with Gasteiger partial charge in [-0.3, -0.25) is 4.79 Å². The quantitative estimate of drug-likeness (QED) is 0.517. The molecule has 0 aliphatic rings. The zero-order chi connectivity index (χ0) is 20.2. The molecule has 0 saturated heterocycles. The van der Waals surface area contributed by atoms with Gasteiger partial charge >= 0.3 is 29.7 Å². The molecule has 0 fully saturated rings. The number of para-hydroxylation sites is 1. The zero-order valence-electron chi connectivity index (χ0n) is 13.3. The predicted molar refractivity (Wildman–Crippen MR) is 75.0 cm³/mol. The van der Waals surface area contributed by atoms with Crippen LogP contribution in [0.25, 0.3) is 0 Å². The van der Waals surface area contributed by atoms with Gasteiger partial charge in [-0.1, -0.05) is 19.1 Å². The Balaban J connectivity index is 2.94. The molecular formula is C15H14F6O5. The molecule has 1 aromatic carbocycles. The van der Waals surface area contributed by atoms with E-state index in [9.17, 15) is 35.9 Å². The lowest BCUT2D eigenvalue weighted by Gasteiger charge is -2.32. The summed E-state index contributed by atoms with van der Waals surface area (Å²) in [6.07, 6.45) is -0.410. The van der Waals surface area contributed by atoms with Gasteiger partial charge < -0.3 is 14.6 Å². The molecule has 0 radical (unpaired) electrons. The van der Waals surface area contributed by atoms with Gasteiger partial charge in [0.25, 0.3) is 0 Å². The summed E-state index contributed by atoms with van der Waals surface area (Å²) >= 11 is 0. The molecule has 1 rings (SSSR count). The summed E-state index contributed by atoms with van der Waals surface area (Å²) in [7, 11) is 0. The third-order valence-corrected chi connectivity index (χ3v) is 3.15. The summed E-state index contributed by atoms with van der Waals surface area (Å²) in [6.45, 7) is -3.27. The third-order valence-electron chi connectivity index (χ3n) is 3.15. The summed E-state index contributed by atoms with van der Waals surface area (Å²) in [5, 5.41) is 8.85. The average Bonchev–Trinajstić information content (AvgIpc) is 2.57. The van der Waals surface area contributed by atoms with Crippen LogP contribution in [-0.2, 0) is 9.53 Å². The fraction of sp³-hybridized carbons (Fsp3) is 0.467. The van der Waals surface area contributed by atoms with Gasteiger partial charge in [0.2, 0.25) is 0 Å². The lowest BCUT2D eigenvalue weighted by atomic mass is 10.1. The molecule has 1 aromatic rings. The number of hydrogen-bond donors (Lipinski definition) is 1. The summed E-state index contributed by atoms with van der Waals surface area (Å²) in [5.41, 5.74) is -0.616. The first-order valence-electron chi connectivity index (χ1n) is 7.10. The molecule has 0 saturated carbocycles. The van der Waals surface area contributed by atoms with E-state index >= 15 is 0 Å². The Bertz CT molecular complexity index is 662. The highest BCUT2D eigenvalue weighted by atomic mass is 19.3. The molecule has 0 unspecified atom stereocenters. The molecule has 1 N–H and O–H groups in total. The van der Waals surface area contributed by atoms with Crippen LogP contribution in [0.3, 0.4) is 0 Å². The van der Waals surface area contributed by atoms with Crippen molar-refractivity contribution in [1.82, 2.24) is 0 Å². The van der Waals surface area contributed by atoms with Crippen LogP contribution in [0.1, 0.15) is 23.7 Å². The number of carbonyl (C=O) groups is 2. The van der Waals surface area contributed by atoms with Crippen molar-refractivity contribution in [2.24, 2.45) is 0 Å². The van der Waals surface area contributed by atoms with Crippen molar-refractivity contribution < 1.29 is 50.5 Å². The number of benzene rings is 1. The summed E-state index contributed by atoms with van der Waals surface area (Å²) < 4.78 is 89.7. The minimum atomic E-state index is -5.92. The minimum Gasteiger partial charge on any atom is -0.486 e. The van der Waals surface area contributed by atoms with Crippen molar-refractivity contribution in [1.29, 1.82) is 0 Å². The summed E-state index contributed by atoms with van der Waals surface area (Å²) in [4.78, 5) is 21.7. The number of alkyl halides is 6.